The molecule has 20 heavy (non-hydrogen) atoms. The second-order valence-corrected chi connectivity index (χ2v) is 5.41. The number of carboxylic acids is 1. The average Bonchev–Trinajstić information content (AvgIpc) is 2.84. The van der Waals surface area contributed by atoms with Crippen LogP contribution in [0.3, 0.4) is 0 Å². The molecule has 6 nitrogen and oxygen atoms in total. The highest BCUT2D eigenvalue weighted by Gasteiger charge is 2.11. The number of nitrogens with zero attached hydrogens (tertiary/aromatic N) is 2. The molecule has 0 saturated carbocycles. The molecule has 2 N–H and O–H groups in total. The number of carboxylic acid groups (broad SMARTS) is 1. The standard InChI is InChI=1S/C13H15N3O3S/c1-16(7-6-12(17)18)13(19)14-8-11-15-9-4-2-3-5-10(9)20-11/h2-5H,6-8H2,1H3,(H,14,19)(H,17,18). The van der Waals surface area contributed by atoms with E-state index in [1.54, 1.807) is 7.05 Å². The third kappa shape index (κ3) is 3.67. The molecule has 1 aromatic carbocycles. The molecule has 0 aliphatic heterocycles. The van der Waals surface area contributed by atoms with Gasteiger partial charge in [0.25, 0.3) is 0 Å². The van der Waals surface area contributed by atoms with E-state index in [1.807, 2.05) is 24.3 Å². The van der Waals surface area contributed by atoms with Crippen molar-refractivity contribution in [2.45, 2.75) is 13.0 Å². The van der Waals surface area contributed by atoms with Crippen molar-refractivity contribution in [2.75, 3.05) is 13.6 Å². The van der Waals surface area contributed by atoms with Gasteiger partial charge < -0.3 is 15.3 Å². The largest absolute Gasteiger partial charge is 0.481 e. The zero-order valence-electron chi connectivity index (χ0n) is 11.0. The number of urea groups is 1. The lowest BCUT2D eigenvalue weighted by molar-refractivity contribution is -0.137. The minimum atomic E-state index is -0.921. The highest BCUT2D eigenvalue weighted by Crippen LogP contribution is 2.21. The Balaban J connectivity index is 1.87. The number of benzene rings is 1. The molecule has 1 aromatic heterocycles. The molecule has 0 saturated heterocycles. The van der Waals surface area contributed by atoms with Crippen LogP contribution in [0.5, 0.6) is 0 Å². The summed E-state index contributed by atoms with van der Waals surface area (Å²) in [6.07, 6.45) is -0.0644. The van der Waals surface area contributed by atoms with Crippen LogP contribution >= 0.6 is 11.3 Å². The Kier molecular flexibility index (Phi) is 4.52. The van der Waals surface area contributed by atoms with Crippen molar-refractivity contribution in [1.29, 1.82) is 0 Å². The summed E-state index contributed by atoms with van der Waals surface area (Å²) in [6, 6.07) is 7.48. The van der Waals surface area contributed by atoms with Gasteiger partial charge in [-0.2, -0.15) is 0 Å². The van der Waals surface area contributed by atoms with E-state index in [1.165, 1.54) is 16.2 Å². The monoisotopic (exact) mass is 293 g/mol. The third-order valence-corrected chi connectivity index (χ3v) is 3.77. The number of aromatic nitrogens is 1. The molecule has 7 heteroatoms. The van der Waals surface area contributed by atoms with E-state index in [0.29, 0.717) is 6.54 Å². The highest BCUT2D eigenvalue weighted by atomic mass is 32.1. The van der Waals surface area contributed by atoms with E-state index < -0.39 is 5.97 Å². The number of rotatable bonds is 5. The number of nitrogens with one attached hydrogen (secondary N) is 1. The van der Waals surface area contributed by atoms with Crippen LogP contribution in [0.1, 0.15) is 11.4 Å². The fourth-order valence-corrected chi connectivity index (χ4v) is 2.55. The molecule has 0 spiro atoms. The van der Waals surface area contributed by atoms with Crippen LogP contribution in [-0.4, -0.2) is 40.6 Å². The van der Waals surface area contributed by atoms with Crippen LogP contribution in [-0.2, 0) is 11.3 Å². The molecular formula is C13H15N3O3S. The fraction of sp³-hybridized carbons (Fsp3) is 0.308. The van der Waals surface area contributed by atoms with Crippen LogP contribution in [0.4, 0.5) is 4.79 Å². The summed E-state index contributed by atoms with van der Waals surface area (Å²) in [5.41, 5.74) is 0.918. The van der Waals surface area contributed by atoms with Crippen molar-refractivity contribution in [3.63, 3.8) is 0 Å². The van der Waals surface area contributed by atoms with E-state index in [0.717, 1.165) is 15.2 Å². The third-order valence-electron chi connectivity index (χ3n) is 2.74. The van der Waals surface area contributed by atoms with Crippen LogP contribution in [0.25, 0.3) is 10.2 Å². The van der Waals surface area contributed by atoms with Crippen LogP contribution in [0.15, 0.2) is 24.3 Å². The first-order valence-corrected chi connectivity index (χ1v) is 6.93. The van der Waals surface area contributed by atoms with Crippen molar-refractivity contribution in [3.8, 4) is 0 Å². The molecule has 0 bridgehead atoms. The lowest BCUT2D eigenvalue weighted by Gasteiger charge is -2.16. The Morgan fingerprint density at radius 2 is 2.15 bits per heavy atom. The van der Waals surface area contributed by atoms with Gasteiger partial charge in [0.2, 0.25) is 0 Å². The summed E-state index contributed by atoms with van der Waals surface area (Å²) >= 11 is 1.53. The second-order valence-electron chi connectivity index (χ2n) is 4.30. The summed E-state index contributed by atoms with van der Waals surface area (Å²) in [5, 5.41) is 12.1. The summed E-state index contributed by atoms with van der Waals surface area (Å²) < 4.78 is 1.08. The quantitative estimate of drug-likeness (QED) is 0.882. The zero-order valence-corrected chi connectivity index (χ0v) is 11.8. The van der Waals surface area contributed by atoms with Crippen molar-refractivity contribution >= 4 is 33.6 Å². The molecule has 0 atom stereocenters. The van der Waals surface area contributed by atoms with Gasteiger partial charge in [-0.1, -0.05) is 12.1 Å². The van der Waals surface area contributed by atoms with Gasteiger partial charge in [0.15, 0.2) is 0 Å². The summed E-state index contributed by atoms with van der Waals surface area (Å²) in [6.45, 7) is 0.524. The first kappa shape index (κ1) is 14.3. The summed E-state index contributed by atoms with van der Waals surface area (Å²) in [4.78, 5) is 27.9. The molecule has 0 radical (unpaired) electrons. The zero-order chi connectivity index (χ0) is 14.5. The first-order chi connectivity index (χ1) is 9.56. The van der Waals surface area contributed by atoms with Crippen LogP contribution in [0, 0.1) is 0 Å². The predicted octanol–water partition coefficient (Wildman–Crippen LogP) is 1.91. The van der Waals surface area contributed by atoms with Gasteiger partial charge in [-0.15, -0.1) is 11.3 Å². The van der Waals surface area contributed by atoms with Crippen molar-refractivity contribution in [2.24, 2.45) is 0 Å². The maximum absolute atomic E-state index is 11.7. The number of thiazole rings is 1. The number of aliphatic carboxylic acids is 1. The highest BCUT2D eigenvalue weighted by molar-refractivity contribution is 7.18. The van der Waals surface area contributed by atoms with Crippen molar-refractivity contribution in [3.05, 3.63) is 29.3 Å². The van der Waals surface area contributed by atoms with E-state index in [4.69, 9.17) is 5.11 Å². The fourth-order valence-electron chi connectivity index (χ4n) is 1.65. The maximum atomic E-state index is 11.7. The predicted molar refractivity (Wildman–Crippen MR) is 76.7 cm³/mol. The number of para-hydroxylation sites is 1. The number of hydrogen-bond acceptors (Lipinski definition) is 4. The second kappa shape index (κ2) is 6.33. The van der Waals surface area contributed by atoms with Gasteiger partial charge in [0, 0.05) is 13.6 Å². The van der Waals surface area contributed by atoms with E-state index in [-0.39, 0.29) is 19.0 Å². The van der Waals surface area contributed by atoms with Gasteiger partial charge in [-0.3, -0.25) is 4.79 Å². The van der Waals surface area contributed by atoms with E-state index in [2.05, 4.69) is 10.3 Å². The molecule has 2 amide bonds. The molecule has 1 heterocycles. The Morgan fingerprint density at radius 3 is 2.85 bits per heavy atom. The molecule has 0 unspecified atom stereocenters. The van der Waals surface area contributed by atoms with Crippen LogP contribution in [0.2, 0.25) is 0 Å². The summed E-state index contributed by atoms with van der Waals surface area (Å²) in [7, 11) is 1.57. The SMILES string of the molecule is CN(CCC(=O)O)C(=O)NCc1nc2ccccc2s1. The maximum Gasteiger partial charge on any atom is 0.317 e. The Morgan fingerprint density at radius 1 is 1.40 bits per heavy atom. The van der Waals surface area contributed by atoms with Crippen molar-refractivity contribution in [1.82, 2.24) is 15.2 Å². The van der Waals surface area contributed by atoms with E-state index >= 15 is 0 Å². The molecule has 0 aliphatic carbocycles. The molecular weight excluding hydrogens is 278 g/mol. The van der Waals surface area contributed by atoms with Crippen LogP contribution < -0.4 is 5.32 Å². The average molecular weight is 293 g/mol. The number of hydrogen-bond donors (Lipinski definition) is 2. The molecule has 0 aliphatic rings. The normalized spacial score (nSPS) is 10.4. The van der Waals surface area contributed by atoms with Gasteiger partial charge in [0.05, 0.1) is 23.2 Å². The van der Waals surface area contributed by atoms with Gasteiger partial charge in [-0.05, 0) is 12.1 Å². The molecule has 2 aromatic rings. The lowest BCUT2D eigenvalue weighted by Crippen LogP contribution is -2.37. The molecule has 106 valence electrons. The minimum Gasteiger partial charge on any atom is -0.481 e. The molecule has 2 rings (SSSR count). The first-order valence-electron chi connectivity index (χ1n) is 6.11. The Labute approximate surface area is 120 Å². The summed E-state index contributed by atoms with van der Waals surface area (Å²) in [5.74, 6) is -0.921. The van der Waals surface area contributed by atoms with E-state index in [9.17, 15) is 9.59 Å². The minimum absolute atomic E-state index is 0.0644. The topological polar surface area (TPSA) is 82.5 Å². The Bertz CT molecular complexity index is 593. The van der Waals surface area contributed by atoms with Gasteiger partial charge in [0.1, 0.15) is 5.01 Å². The molecule has 0 fully saturated rings. The lowest BCUT2D eigenvalue weighted by atomic mass is 10.3. The number of fused-ring (bicyclic) bond motifs is 1. The van der Waals surface area contributed by atoms with Gasteiger partial charge in [-0.25, -0.2) is 9.78 Å². The Hall–Kier alpha value is -2.15. The smallest absolute Gasteiger partial charge is 0.317 e. The number of carbonyl (C=O) groups excluding carboxylic acids is 1. The number of carbonyl (C=O) groups is 2. The van der Waals surface area contributed by atoms with Crippen molar-refractivity contribution < 1.29 is 14.7 Å². The number of amides is 2. The van der Waals surface area contributed by atoms with Gasteiger partial charge >= 0.3 is 12.0 Å².